The summed E-state index contributed by atoms with van der Waals surface area (Å²) in [5, 5.41) is 0.642. The third kappa shape index (κ3) is 3.18. The Morgan fingerprint density at radius 2 is 2.00 bits per heavy atom. The molecule has 2 rings (SSSR count). The number of benzene rings is 1. The Hall–Kier alpha value is -1.21. The van der Waals surface area contributed by atoms with Crippen molar-refractivity contribution in [1.82, 2.24) is 9.29 Å². The first-order valence-electron chi connectivity index (χ1n) is 6.42. The Balaban J connectivity index is 0.00000220. The second-order valence-corrected chi connectivity index (χ2v) is 6.85. The van der Waals surface area contributed by atoms with Crippen molar-refractivity contribution in [3.8, 4) is 0 Å². The van der Waals surface area contributed by atoms with Gasteiger partial charge in [0.05, 0.1) is 10.4 Å². The fourth-order valence-electron chi connectivity index (χ4n) is 2.05. The van der Waals surface area contributed by atoms with Crippen LogP contribution >= 0.6 is 12.4 Å². The molecule has 0 spiro atoms. The number of hydrogen-bond acceptors (Lipinski definition) is 4. The zero-order chi connectivity index (χ0) is 14.9. The molecule has 0 aliphatic carbocycles. The molecule has 1 heterocycles. The number of nitrogens with two attached hydrogens (primary N) is 1. The van der Waals surface area contributed by atoms with Crippen LogP contribution in [0, 0.1) is 6.92 Å². The van der Waals surface area contributed by atoms with Gasteiger partial charge in [0.2, 0.25) is 10.0 Å². The van der Waals surface area contributed by atoms with Gasteiger partial charge in [0.15, 0.2) is 0 Å². The van der Waals surface area contributed by atoms with Crippen molar-refractivity contribution in [1.29, 1.82) is 0 Å². The Morgan fingerprint density at radius 3 is 2.62 bits per heavy atom. The minimum atomic E-state index is -3.58. The monoisotopic (exact) mass is 329 g/mol. The van der Waals surface area contributed by atoms with Crippen LogP contribution in [0.1, 0.15) is 12.5 Å². The van der Waals surface area contributed by atoms with Gasteiger partial charge in [-0.15, -0.1) is 12.4 Å². The second kappa shape index (κ2) is 6.70. The highest BCUT2D eigenvalue weighted by atomic mass is 35.5. The van der Waals surface area contributed by atoms with Gasteiger partial charge >= 0.3 is 0 Å². The quantitative estimate of drug-likeness (QED) is 0.930. The third-order valence-electron chi connectivity index (χ3n) is 3.55. The Bertz CT molecular complexity index is 734. The summed E-state index contributed by atoms with van der Waals surface area (Å²) in [6, 6.07) is 6.68. The molecule has 0 radical (unpaired) electrons. The smallest absolute Gasteiger partial charge is 0.243 e. The highest BCUT2D eigenvalue weighted by Gasteiger charge is 2.26. The van der Waals surface area contributed by atoms with Crippen molar-refractivity contribution < 1.29 is 8.42 Å². The standard InChI is InChI=1S/C14H19N3O2S.ClH/c1-10-6-7-13(12-5-4-8-16-14(10)12)20(18,19)17(3)11(2)9-15;/h4-8,11H,9,15H2,1-3H3;1H. The van der Waals surface area contributed by atoms with E-state index in [4.69, 9.17) is 5.73 Å². The van der Waals surface area contributed by atoms with Crippen molar-refractivity contribution in [3.05, 3.63) is 36.0 Å². The SMILES string of the molecule is Cc1ccc(S(=O)(=O)N(C)C(C)CN)c2cccnc12.Cl. The topological polar surface area (TPSA) is 76.3 Å². The summed E-state index contributed by atoms with van der Waals surface area (Å²) in [5.74, 6) is 0. The summed E-state index contributed by atoms with van der Waals surface area (Å²) in [7, 11) is -2.03. The van der Waals surface area contributed by atoms with Gasteiger partial charge in [-0.25, -0.2) is 8.42 Å². The molecule has 116 valence electrons. The van der Waals surface area contributed by atoms with Crippen LogP contribution in [-0.2, 0) is 10.0 Å². The number of nitrogens with zero attached hydrogens (tertiary/aromatic N) is 2. The maximum Gasteiger partial charge on any atom is 0.243 e. The number of fused-ring (bicyclic) bond motifs is 1. The van der Waals surface area contributed by atoms with E-state index in [1.54, 1.807) is 44.4 Å². The fraction of sp³-hybridized carbons (Fsp3) is 0.357. The van der Waals surface area contributed by atoms with Crippen LogP contribution in [-0.4, -0.2) is 37.3 Å². The van der Waals surface area contributed by atoms with E-state index in [1.807, 2.05) is 6.92 Å². The minimum absolute atomic E-state index is 0. The molecule has 0 amide bonds. The Morgan fingerprint density at radius 1 is 1.33 bits per heavy atom. The van der Waals surface area contributed by atoms with Crippen molar-refractivity contribution in [2.75, 3.05) is 13.6 Å². The molecular weight excluding hydrogens is 310 g/mol. The Labute approximate surface area is 131 Å². The second-order valence-electron chi connectivity index (χ2n) is 4.89. The summed E-state index contributed by atoms with van der Waals surface area (Å²) in [5.41, 5.74) is 7.23. The Kier molecular flexibility index (Phi) is 5.69. The van der Waals surface area contributed by atoms with Crippen LogP contribution in [0.2, 0.25) is 0 Å². The van der Waals surface area contributed by atoms with Crippen LogP contribution in [0.15, 0.2) is 35.4 Å². The maximum absolute atomic E-state index is 12.7. The largest absolute Gasteiger partial charge is 0.329 e. The molecule has 1 atom stereocenters. The predicted molar refractivity (Wildman–Crippen MR) is 87.2 cm³/mol. The lowest BCUT2D eigenvalue weighted by Gasteiger charge is -2.23. The molecule has 1 unspecified atom stereocenters. The molecule has 0 fully saturated rings. The van der Waals surface area contributed by atoms with E-state index >= 15 is 0 Å². The molecule has 7 heteroatoms. The molecule has 2 aromatic rings. The van der Waals surface area contributed by atoms with Gasteiger partial charge in [0.1, 0.15) is 0 Å². The number of likely N-dealkylation sites (N-methyl/N-ethyl adjacent to an activating group) is 1. The van der Waals surface area contributed by atoms with E-state index in [-0.39, 0.29) is 29.9 Å². The number of rotatable bonds is 4. The lowest BCUT2D eigenvalue weighted by Crippen LogP contribution is -2.39. The highest BCUT2D eigenvalue weighted by Crippen LogP contribution is 2.26. The van der Waals surface area contributed by atoms with Gasteiger partial charge in [-0.2, -0.15) is 4.31 Å². The molecule has 2 N–H and O–H groups in total. The number of pyridine rings is 1. The summed E-state index contributed by atoms with van der Waals surface area (Å²) in [6.07, 6.45) is 1.66. The number of hydrogen-bond donors (Lipinski definition) is 1. The molecule has 0 aliphatic rings. The third-order valence-corrected chi connectivity index (χ3v) is 5.58. The number of sulfonamides is 1. The molecule has 0 aliphatic heterocycles. The van der Waals surface area contributed by atoms with Crippen LogP contribution in [0.4, 0.5) is 0 Å². The van der Waals surface area contributed by atoms with E-state index < -0.39 is 10.0 Å². The van der Waals surface area contributed by atoms with Gasteiger partial charge in [-0.1, -0.05) is 6.07 Å². The predicted octanol–water partition coefficient (Wildman–Crippen LogP) is 1.93. The zero-order valence-corrected chi connectivity index (χ0v) is 13.9. The summed E-state index contributed by atoms with van der Waals surface area (Å²) < 4.78 is 26.7. The van der Waals surface area contributed by atoms with Gasteiger partial charge in [-0.3, -0.25) is 4.98 Å². The lowest BCUT2D eigenvalue weighted by atomic mass is 10.1. The van der Waals surface area contributed by atoms with E-state index in [2.05, 4.69) is 4.98 Å². The van der Waals surface area contributed by atoms with Crippen molar-refractivity contribution in [3.63, 3.8) is 0 Å². The first-order valence-corrected chi connectivity index (χ1v) is 7.86. The van der Waals surface area contributed by atoms with E-state index in [9.17, 15) is 8.42 Å². The molecule has 0 saturated heterocycles. The van der Waals surface area contributed by atoms with Crippen LogP contribution < -0.4 is 5.73 Å². The summed E-state index contributed by atoms with van der Waals surface area (Å²) >= 11 is 0. The molecular formula is C14H20ClN3O2S. The minimum Gasteiger partial charge on any atom is -0.329 e. The zero-order valence-electron chi connectivity index (χ0n) is 12.3. The van der Waals surface area contributed by atoms with Crippen molar-refractivity contribution >= 4 is 33.3 Å². The lowest BCUT2D eigenvalue weighted by molar-refractivity contribution is 0.395. The highest BCUT2D eigenvalue weighted by molar-refractivity contribution is 7.89. The van der Waals surface area contributed by atoms with Crippen LogP contribution in [0.5, 0.6) is 0 Å². The molecule has 5 nitrogen and oxygen atoms in total. The van der Waals surface area contributed by atoms with Crippen LogP contribution in [0.3, 0.4) is 0 Å². The normalized spacial score (nSPS) is 13.2. The van der Waals surface area contributed by atoms with E-state index in [0.29, 0.717) is 10.9 Å². The fourth-order valence-corrected chi connectivity index (χ4v) is 3.61. The van der Waals surface area contributed by atoms with Crippen molar-refractivity contribution in [2.45, 2.75) is 24.8 Å². The summed E-state index contributed by atoms with van der Waals surface area (Å²) in [6.45, 7) is 3.97. The first-order chi connectivity index (χ1) is 9.39. The van der Waals surface area contributed by atoms with Crippen LogP contribution in [0.25, 0.3) is 10.9 Å². The molecule has 0 saturated carbocycles. The summed E-state index contributed by atoms with van der Waals surface area (Å²) in [4.78, 5) is 4.54. The average molecular weight is 330 g/mol. The van der Waals surface area contributed by atoms with Gasteiger partial charge in [0, 0.05) is 31.2 Å². The average Bonchev–Trinajstić information content (AvgIpc) is 2.46. The number of aromatic nitrogens is 1. The van der Waals surface area contributed by atoms with Gasteiger partial charge in [0.25, 0.3) is 0 Å². The van der Waals surface area contributed by atoms with Gasteiger partial charge in [-0.05, 0) is 37.6 Å². The van der Waals surface area contributed by atoms with Crippen molar-refractivity contribution in [2.24, 2.45) is 5.73 Å². The first kappa shape index (κ1) is 17.8. The molecule has 0 bridgehead atoms. The maximum atomic E-state index is 12.7. The molecule has 21 heavy (non-hydrogen) atoms. The van der Waals surface area contributed by atoms with Gasteiger partial charge < -0.3 is 5.73 Å². The number of halogens is 1. The number of aryl methyl sites for hydroxylation is 1. The van der Waals surface area contributed by atoms with E-state index in [1.165, 1.54) is 4.31 Å². The van der Waals surface area contributed by atoms with E-state index in [0.717, 1.165) is 5.56 Å². The molecule has 1 aromatic heterocycles. The molecule has 1 aromatic carbocycles.